The maximum atomic E-state index is 11.3. The van der Waals surface area contributed by atoms with Crippen molar-refractivity contribution < 1.29 is 4.79 Å². The summed E-state index contributed by atoms with van der Waals surface area (Å²) in [6.07, 6.45) is 3.08. The maximum absolute atomic E-state index is 11.3. The van der Waals surface area contributed by atoms with Crippen LogP contribution in [0.5, 0.6) is 0 Å². The van der Waals surface area contributed by atoms with Crippen LogP contribution in [0.15, 0.2) is 42.1 Å². The largest absolute Gasteiger partial charge is 0.359 e. The van der Waals surface area contributed by atoms with E-state index < -0.39 is 0 Å². The minimum atomic E-state index is 0.162. The zero-order valence-corrected chi connectivity index (χ0v) is 9.29. The summed E-state index contributed by atoms with van der Waals surface area (Å²) in [6.45, 7) is 3.90. The molecule has 0 heterocycles. The highest BCUT2D eigenvalue weighted by Crippen LogP contribution is 2.11. The molecule has 80 valence electrons. The first-order chi connectivity index (χ1) is 7.26. The third-order valence-electron chi connectivity index (χ3n) is 2.14. The molecule has 0 fully saturated rings. The first kappa shape index (κ1) is 11.5. The van der Waals surface area contributed by atoms with E-state index in [1.54, 1.807) is 6.08 Å². The minimum absolute atomic E-state index is 0.162. The molecule has 0 amide bonds. The summed E-state index contributed by atoms with van der Waals surface area (Å²) < 4.78 is 0. The van der Waals surface area contributed by atoms with Crippen LogP contribution in [0.2, 0.25) is 0 Å². The van der Waals surface area contributed by atoms with Crippen LogP contribution in [-0.2, 0) is 4.79 Å². The zero-order chi connectivity index (χ0) is 11.1. The van der Waals surface area contributed by atoms with Gasteiger partial charge < -0.3 is 5.32 Å². The van der Waals surface area contributed by atoms with E-state index in [9.17, 15) is 4.79 Å². The number of hydrogen-bond acceptors (Lipinski definition) is 2. The van der Waals surface area contributed by atoms with E-state index in [0.29, 0.717) is 6.42 Å². The second kappa shape index (κ2) is 6.02. The van der Waals surface area contributed by atoms with Crippen LogP contribution >= 0.6 is 0 Å². The number of carbonyl (C=O) groups is 1. The molecule has 2 heteroatoms. The number of rotatable bonds is 5. The summed E-state index contributed by atoms with van der Waals surface area (Å²) in [4.78, 5) is 11.3. The van der Waals surface area contributed by atoms with Crippen LogP contribution < -0.4 is 5.32 Å². The van der Waals surface area contributed by atoms with Crippen LogP contribution in [0, 0.1) is 0 Å². The van der Waals surface area contributed by atoms with Gasteiger partial charge in [-0.05, 0) is 18.6 Å². The number of allylic oxidation sites excluding steroid dienone is 2. The fraction of sp³-hybridized carbons (Fsp3) is 0.308. The van der Waals surface area contributed by atoms with Crippen LogP contribution in [0.3, 0.4) is 0 Å². The quantitative estimate of drug-likeness (QED) is 0.743. The van der Waals surface area contributed by atoms with Gasteiger partial charge in [0.15, 0.2) is 5.78 Å². The van der Waals surface area contributed by atoms with Crippen molar-refractivity contribution in [3.63, 3.8) is 0 Å². The summed E-state index contributed by atoms with van der Waals surface area (Å²) in [5.41, 5.74) is 1.99. The number of benzene rings is 1. The number of para-hydroxylation sites is 1. The lowest BCUT2D eigenvalue weighted by Gasteiger charge is -2.08. The Balaban J connectivity index is 2.70. The average molecular weight is 203 g/mol. The van der Waals surface area contributed by atoms with E-state index in [4.69, 9.17) is 0 Å². The normalized spacial score (nSPS) is 11.2. The second-order valence-corrected chi connectivity index (χ2v) is 3.33. The maximum Gasteiger partial charge on any atom is 0.157 e. The van der Waals surface area contributed by atoms with Crippen LogP contribution in [0.4, 0.5) is 5.69 Å². The summed E-state index contributed by atoms with van der Waals surface area (Å²) in [5, 5.41) is 3.23. The Kier molecular flexibility index (Phi) is 4.61. The minimum Gasteiger partial charge on any atom is -0.359 e. The summed E-state index contributed by atoms with van der Waals surface area (Å²) >= 11 is 0. The molecule has 1 aromatic rings. The molecule has 0 aromatic heterocycles. The van der Waals surface area contributed by atoms with Gasteiger partial charge in [0.05, 0.1) is 0 Å². The van der Waals surface area contributed by atoms with Gasteiger partial charge in [-0.3, -0.25) is 4.79 Å². The van der Waals surface area contributed by atoms with E-state index in [2.05, 4.69) is 5.32 Å². The lowest BCUT2D eigenvalue weighted by atomic mass is 10.2. The van der Waals surface area contributed by atoms with E-state index >= 15 is 0 Å². The first-order valence-corrected chi connectivity index (χ1v) is 5.31. The fourth-order valence-electron chi connectivity index (χ4n) is 1.23. The van der Waals surface area contributed by atoms with Gasteiger partial charge in [-0.1, -0.05) is 32.0 Å². The van der Waals surface area contributed by atoms with Gasteiger partial charge in [-0.2, -0.15) is 0 Å². The zero-order valence-electron chi connectivity index (χ0n) is 9.29. The Hall–Kier alpha value is -1.57. The van der Waals surface area contributed by atoms with Crippen molar-refractivity contribution in [3.05, 3.63) is 42.1 Å². The molecule has 2 nitrogen and oxygen atoms in total. The second-order valence-electron chi connectivity index (χ2n) is 3.33. The number of hydrogen-bond donors (Lipinski definition) is 1. The smallest absolute Gasteiger partial charge is 0.157 e. The average Bonchev–Trinajstić information content (AvgIpc) is 2.29. The number of ketones is 1. The molecule has 0 bridgehead atoms. The third-order valence-corrected chi connectivity index (χ3v) is 2.14. The van der Waals surface area contributed by atoms with Gasteiger partial charge in [-0.25, -0.2) is 0 Å². The molecule has 0 saturated heterocycles. The molecule has 1 aromatic carbocycles. The van der Waals surface area contributed by atoms with Gasteiger partial charge >= 0.3 is 0 Å². The number of anilines is 1. The molecular formula is C13H17NO. The van der Waals surface area contributed by atoms with Crippen LogP contribution in [-0.4, -0.2) is 5.78 Å². The van der Waals surface area contributed by atoms with Crippen molar-refractivity contribution in [1.82, 2.24) is 0 Å². The van der Waals surface area contributed by atoms with E-state index in [0.717, 1.165) is 17.8 Å². The molecular weight excluding hydrogens is 186 g/mol. The van der Waals surface area contributed by atoms with Gasteiger partial charge in [0.1, 0.15) is 0 Å². The molecule has 0 atom stereocenters. The van der Waals surface area contributed by atoms with Crippen molar-refractivity contribution in [2.75, 3.05) is 5.32 Å². The molecule has 1 rings (SSSR count). The number of nitrogens with one attached hydrogen (secondary N) is 1. The predicted molar refractivity (Wildman–Crippen MR) is 63.7 cm³/mol. The van der Waals surface area contributed by atoms with Gasteiger partial charge in [-0.15, -0.1) is 0 Å². The number of carbonyl (C=O) groups excluding carboxylic acids is 1. The lowest BCUT2D eigenvalue weighted by molar-refractivity contribution is -0.114. The lowest BCUT2D eigenvalue weighted by Crippen LogP contribution is -2.01. The van der Waals surface area contributed by atoms with E-state index in [1.165, 1.54) is 0 Å². The Morgan fingerprint density at radius 2 is 1.87 bits per heavy atom. The van der Waals surface area contributed by atoms with Gasteiger partial charge in [0, 0.05) is 23.9 Å². The molecule has 0 aliphatic rings. The molecule has 0 unspecified atom stereocenters. The van der Waals surface area contributed by atoms with E-state index in [-0.39, 0.29) is 5.78 Å². The van der Waals surface area contributed by atoms with E-state index in [1.807, 2.05) is 44.2 Å². The van der Waals surface area contributed by atoms with Crippen molar-refractivity contribution in [3.8, 4) is 0 Å². The monoisotopic (exact) mass is 203 g/mol. The van der Waals surface area contributed by atoms with Gasteiger partial charge in [0.2, 0.25) is 0 Å². The molecule has 0 radical (unpaired) electrons. The molecule has 0 spiro atoms. The van der Waals surface area contributed by atoms with Crippen molar-refractivity contribution in [1.29, 1.82) is 0 Å². The summed E-state index contributed by atoms with van der Waals surface area (Å²) in [7, 11) is 0. The summed E-state index contributed by atoms with van der Waals surface area (Å²) in [6, 6.07) is 9.88. The van der Waals surface area contributed by atoms with Gasteiger partial charge in [0.25, 0.3) is 0 Å². The third kappa shape index (κ3) is 3.98. The Labute approximate surface area is 91.0 Å². The molecule has 0 aliphatic carbocycles. The molecule has 1 N–H and O–H groups in total. The highest BCUT2D eigenvalue weighted by Gasteiger charge is 1.98. The Bertz CT molecular complexity index is 341. The van der Waals surface area contributed by atoms with Crippen molar-refractivity contribution >= 4 is 11.5 Å². The predicted octanol–water partition coefficient (Wildman–Crippen LogP) is 3.37. The molecule has 0 saturated carbocycles. The molecule has 0 aliphatic heterocycles. The Morgan fingerprint density at radius 3 is 2.40 bits per heavy atom. The highest BCUT2D eigenvalue weighted by molar-refractivity contribution is 5.90. The first-order valence-electron chi connectivity index (χ1n) is 5.31. The topological polar surface area (TPSA) is 29.1 Å². The van der Waals surface area contributed by atoms with Crippen LogP contribution in [0.25, 0.3) is 0 Å². The van der Waals surface area contributed by atoms with Crippen molar-refractivity contribution in [2.24, 2.45) is 0 Å². The SMILES string of the molecule is CCC(=O)/C=C(/CC)Nc1ccccc1. The van der Waals surface area contributed by atoms with Crippen molar-refractivity contribution in [2.45, 2.75) is 26.7 Å². The Morgan fingerprint density at radius 1 is 1.20 bits per heavy atom. The molecule has 15 heavy (non-hydrogen) atoms. The fourth-order valence-corrected chi connectivity index (χ4v) is 1.23. The van der Waals surface area contributed by atoms with Crippen LogP contribution in [0.1, 0.15) is 26.7 Å². The highest BCUT2D eigenvalue weighted by atomic mass is 16.1. The summed E-state index contributed by atoms with van der Waals surface area (Å²) in [5.74, 6) is 0.162. The standard InChI is InChI=1S/C13H17NO/c1-3-11(10-13(15)4-2)14-12-8-6-5-7-9-12/h5-10,14H,3-4H2,1-2H3/b11-10-.